The maximum absolute atomic E-state index is 9.40. The molecule has 28 heavy (non-hydrogen) atoms. The zero-order chi connectivity index (χ0) is 19.3. The van der Waals surface area contributed by atoms with Crippen LogP contribution in [0.5, 0.6) is 0 Å². The van der Waals surface area contributed by atoms with Crippen LogP contribution in [0.3, 0.4) is 0 Å². The van der Waals surface area contributed by atoms with E-state index >= 15 is 0 Å². The topological polar surface area (TPSA) is 78.8 Å². The van der Waals surface area contributed by atoms with E-state index in [1.54, 1.807) is 11.3 Å². The number of nitrogens with zero attached hydrogens (tertiary/aromatic N) is 4. The van der Waals surface area contributed by atoms with Crippen molar-refractivity contribution in [3.8, 4) is 17.2 Å². The molecule has 5 nitrogen and oxygen atoms in total. The van der Waals surface area contributed by atoms with E-state index in [1.807, 2.05) is 13.0 Å². The third-order valence-electron chi connectivity index (χ3n) is 5.11. The van der Waals surface area contributed by atoms with Crippen LogP contribution in [0.15, 0.2) is 35.7 Å². The lowest BCUT2D eigenvalue weighted by Gasteiger charge is -2.29. The summed E-state index contributed by atoms with van der Waals surface area (Å²) < 4.78 is 0. The Balaban J connectivity index is 1.65. The van der Waals surface area contributed by atoms with E-state index < -0.39 is 0 Å². The number of rotatable bonds is 2. The monoisotopic (exact) mass is 403 g/mol. The molecule has 0 radical (unpaired) electrons. The number of nitrogens with two attached hydrogens (primary N) is 1. The Bertz CT molecular complexity index is 1230. The number of thiophene rings is 2. The maximum Gasteiger partial charge on any atom is 0.142 e. The molecule has 0 aliphatic carbocycles. The Morgan fingerprint density at radius 3 is 2.82 bits per heavy atom. The average molecular weight is 404 g/mol. The minimum Gasteiger partial charge on any atom is -0.389 e. The first-order valence-electron chi connectivity index (χ1n) is 9.02. The molecule has 0 bridgehead atoms. The van der Waals surface area contributed by atoms with Gasteiger partial charge in [0.25, 0.3) is 0 Å². The Kier molecular flexibility index (Phi) is 4.04. The normalized spacial score (nSPS) is 13.5. The summed E-state index contributed by atoms with van der Waals surface area (Å²) in [7, 11) is 0. The fourth-order valence-electron chi connectivity index (χ4n) is 3.81. The zero-order valence-corrected chi connectivity index (χ0v) is 16.9. The van der Waals surface area contributed by atoms with Gasteiger partial charge in [0.2, 0.25) is 0 Å². The Hall–Kier alpha value is -2.95. The number of hydrogen-bond donors (Lipinski definition) is 1. The minimum atomic E-state index is 0.624. The van der Waals surface area contributed by atoms with Gasteiger partial charge in [-0.1, -0.05) is 30.3 Å². The van der Waals surface area contributed by atoms with Crippen LogP contribution in [-0.4, -0.2) is 16.5 Å². The number of hydrogen-bond acceptors (Lipinski definition) is 7. The van der Waals surface area contributed by atoms with E-state index in [0.717, 1.165) is 46.9 Å². The molecule has 1 aliphatic rings. The first kappa shape index (κ1) is 17.2. The highest BCUT2D eigenvalue weighted by Crippen LogP contribution is 2.41. The Morgan fingerprint density at radius 1 is 1.21 bits per heavy atom. The van der Waals surface area contributed by atoms with Crippen molar-refractivity contribution in [2.24, 2.45) is 0 Å². The quantitative estimate of drug-likeness (QED) is 0.523. The lowest BCUT2D eigenvalue weighted by atomic mass is 10.0. The van der Waals surface area contributed by atoms with Gasteiger partial charge in [-0.15, -0.1) is 22.7 Å². The molecular weight excluding hydrogens is 386 g/mol. The standard InChI is InChI=1S/C21H17N5S2/c1-12-24-20(26-8-7-14-15(9-22)19(23)28-17(14)10-26)18-16(11-27-21(18)25-12)13-5-3-2-4-6-13/h2-6,11H,7-8,10,23H2,1H3. The SMILES string of the molecule is Cc1nc(N2CCc3c(sc(N)c3C#N)C2)c2c(-c3ccccc3)csc2n1. The molecule has 0 fully saturated rings. The molecule has 0 saturated carbocycles. The molecule has 2 N–H and O–H groups in total. The van der Waals surface area contributed by atoms with E-state index in [9.17, 15) is 5.26 Å². The van der Waals surface area contributed by atoms with Gasteiger partial charge in [-0.25, -0.2) is 9.97 Å². The molecule has 4 heterocycles. The van der Waals surface area contributed by atoms with Crippen LogP contribution >= 0.6 is 22.7 Å². The summed E-state index contributed by atoms with van der Waals surface area (Å²) in [6.45, 7) is 3.48. The Morgan fingerprint density at radius 2 is 2.04 bits per heavy atom. The zero-order valence-electron chi connectivity index (χ0n) is 15.3. The number of fused-ring (bicyclic) bond motifs is 2. The molecule has 3 aromatic heterocycles. The summed E-state index contributed by atoms with van der Waals surface area (Å²) >= 11 is 3.18. The van der Waals surface area contributed by atoms with Gasteiger partial charge < -0.3 is 10.6 Å². The van der Waals surface area contributed by atoms with Crippen molar-refractivity contribution in [3.05, 3.63) is 57.5 Å². The summed E-state index contributed by atoms with van der Waals surface area (Å²) in [4.78, 5) is 14.0. The number of nitriles is 1. The smallest absolute Gasteiger partial charge is 0.142 e. The molecule has 138 valence electrons. The van der Waals surface area contributed by atoms with Crippen molar-refractivity contribution in [3.63, 3.8) is 0 Å². The van der Waals surface area contributed by atoms with E-state index in [4.69, 9.17) is 10.7 Å². The van der Waals surface area contributed by atoms with Crippen LogP contribution < -0.4 is 10.6 Å². The maximum atomic E-state index is 9.40. The summed E-state index contributed by atoms with van der Waals surface area (Å²) in [6.07, 6.45) is 0.807. The second kappa shape index (κ2) is 6.59. The number of aryl methyl sites for hydroxylation is 1. The van der Waals surface area contributed by atoms with Gasteiger partial charge in [-0.3, -0.25) is 0 Å². The Labute approximate surface area is 170 Å². The summed E-state index contributed by atoms with van der Waals surface area (Å²) in [5.74, 6) is 1.75. The predicted molar refractivity (Wildman–Crippen MR) is 116 cm³/mol. The van der Waals surface area contributed by atoms with E-state index in [0.29, 0.717) is 10.6 Å². The molecule has 0 spiro atoms. The highest BCUT2D eigenvalue weighted by Gasteiger charge is 2.27. The van der Waals surface area contributed by atoms with Crippen molar-refractivity contribution in [2.75, 3.05) is 17.2 Å². The highest BCUT2D eigenvalue weighted by molar-refractivity contribution is 7.17. The van der Waals surface area contributed by atoms with Crippen LogP contribution in [0.25, 0.3) is 21.3 Å². The van der Waals surface area contributed by atoms with E-state index in [2.05, 4.69) is 45.6 Å². The second-order valence-corrected chi connectivity index (χ2v) is 8.81. The number of anilines is 2. The van der Waals surface area contributed by atoms with Crippen molar-refractivity contribution in [1.82, 2.24) is 9.97 Å². The lowest BCUT2D eigenvalue weighted by molar-refractivity contribution is 0.732. The third kappa shape index (κ3) is 2.65. The summed E-state index contributed by atoms with van der Waals surface area (Å²) in [5, 5.41) is 13.3. The van der Waals surface area contributed by atoms with Crippen molar-refractivity contribution >= 4 is 43.7 Å². The van der Waals surface area contributed by atoms with Crippen LogP contribution in [0.4, 0.5) is 10.8 Å². The van der Waals surface area contributed by atoms with Crippen molar-refractivity contribution in [1.29, 1.82) is 5.26 Å². The number of aromatic nitrogens is 2. The number of nitrogen functional groups attached to an aromatic ring is 1. The van der Waals surface area contributed by atoms with Gasteiger partial charge in [0.05, 0.1) is 17.5 Å². The average Bonchev–Trinajstić information content (AvgIpc) is 3.27. The molecule has 0 saturated heterocycles. The molecule has 1 aromatic carbocycles. The molecule has 5 rings (SSSR count). The van der Waals surface area contributed by atoms with E-state index in [1.165, 1.54) is 27.3 Å². The van der Waals surface area contributed by atoms with Gasteiger partial charge in [0.15, 0.2) is 0 Å². The van der Waals surface area contributed by atoms with Crippen LogP contribution in [-0.2, 0) is 13.0 Å². The van der Waals surface area contributed by atoms with Crippen molar-refractivity contribution < 1.29 is 0 Å². The van der Waals surface area contributed by atoms with Gasteiger partial charge in [0, 0.05) is 22.4 Å². The van der Waals surface area contributed by atoms with Crippen LogP contribution in [0.2, 0.25) is 0 Å². The first-order valence-corrected chi connectivity index (χ1v) is 10.7. The molecule has 0 unspecified atom stereocenters. The van der Waals surface area contributed by atoms with Gasteiger partial charge in [0.1, 0.15) is 27.5 Å². The molecule has 1 aliphatic heterocycles. The fourth-order valence-corrected chi connectivity index (χ4v) is 5.89. The molecule has 0 atom stereocenters. The molecule has 7 heteroatoms. The van der Waals surface area contributed by atoms with Crippen LogP contribution in [0.1, 0.15) is 21.8 Å². The van der Waals surface area contributed by atoms with Gasteiger partial charge in [-0.2, -0.15) is 5.26 Å². The molecule has 4 aromatic rings. The summed E-state index contributed by atoms with van der Waals surface area (Å²) in [5.41, 5.74) is 10.2. The minimum absolute atomic E-state index is 0.624. The fraction of sp³-hybridized carbons (Fsp3) is 0.190. The van der Waals surface area contributed by atoms with Gasteiger partial charge >= 0.3 is 0 Å². The molecular formula is C21H17N5S2. The first-order chi connectivity index (χ1) is 13.7. The summed E-state index contributed by atoms with van der Waals surface area (Å²) in [6, 6.07) is 12.6. The molecule has 0 amide bonds. The van der Waals surface area contributed by atoms with Crippen LogP contribution in [0, 0.1) is 18.3 Å². The van der Waals surface area contributed by atoms with Crippen molar-refractivity contribution in [2.45, 2.75) is 19.9 Å². The van der Waals surface area contributed by atoms with Gasteiger partial charge in [-0.05, 0) is 24.5 Å². The number of benzene rings is 1. The third-order valence-corrected chi connectivity index (χ3v) is 7.02. The van der Waals surface area contributed by atoms with E-state index in [-0.39, 0.29) is 0 Å². The lowest BCUT2D eigenvalue weighted by Crippen LogP contribution is -2.30. The predicted octanol–water partition coefficient (Wildman–Crippen LogP) is 4.74. The largest absolute Gasteiger partial charge is 0.389 e. The highest BCUT2D eigenvalue weighted by atomic mass is 32.1. The second-order valence-electron chi connectivity index (χ2n) is 6.82.